The van der Waals surface area contributed by atoms with Gasteiger partial charge in [-0.05, 0) is 0 Å². The van der Waals surface area contributed by atoms with Crippen molar-refractivity contribution in [1.29, 1.82) is 0 Å². The monoisotopic (exact) mass is 214 g/mol. The van der Waals surface area contributed by atoms with Crippen LogP contribution in [0.2, 0.25) is 0 Å². The van der Waals surface area contributed by atoms with Crippen molar-refractivity contribution >= 4 is 32.0 Å². The van der Waals surface area contributed by atoms with Gasteiger partial charge in [0, 0.05) is 0 Å². The molecule has 0 heterocycles. The van der Waals surface area contributed by atoms with Crippen molar-refractivity contribution in [2.24, 2.45) is 0 Å². The number of hydrogen-bond acceptors (Lipinski definition) is 0. The summed E-state index contributed by atoms with van der Waals surface area (Å²) < 4.78 is 2.49. The number of allylic oxidation sites excluding steroid dienone is 2. The maximum absolute atomic E-state index is 2.89. The van der Waals surface area contributed by atoms with Crippen LogP contribution in [0.15, 0.2) is 8.94 Å². The molecule has 0 spiro atoms. The Morgan fingerprint density at radius 2 is 1.17 bits per heavy atom. The van der Waals surface area contributed by atoms with Gasteiger partial charge < -0.3 is 0 Å². The molecule has 0 aromatic heterocycles. The Bertz CT molecular complexity index is 55.6. The maximum atomic E-state index is 2.89. The Morgan fingerprint density at radius 3 is 1.17 bits per heavy atom. The van der Waals surface area contributed by atoms with E-state index in [0.717, 1.165) is 0 Å². The molecule has 0 nitrogen and oxygen atoms in total. The van der Waals surface area contributed by atoms with Gasteiger partial charge in [0.2, 0.25) is 0 Å². The molecule has 0 N–H and O–H groups in total. The van der Waals surface area contributed by atoms with Crippen molar-refractivity contribution in [3.63, 3.8) is 0 Å². The summed E-state index contributed by atoms with van der Waals surface area (Å²) in [5, 5.41) is 0. The minimum absolute atomic E-state index is 1.25. The van der Waals surface area contributed by atoms with Gasteiger partial charge in [-0.15, -0.1) is 0 Å². The quantitative estimate of drug-likeness (QED) is 0.515. The summed E-state index contributed by atoms with van der Waals surface area (Å²) in [6, 6.07) is 0. The fourth-order valence-corrected chi connectivity index (χ4v) is 0. The first kappa shape index (κ1) is 6.78. The van der Waals surface area contributed by atoms with Gasteiger partial charge in [0.05, 0.1) is 0 Å². The third-order valence-electron chi connectivity index (χ3n) is 0.496. The minimum atomic E-state index is 1.25. The molecule has 0 saturated heterocycles. The first-order valence-corrected chi connectivity index (χ1v) is 3.37. The molecule has 0 bridgehead atoms. The Labute approximate surface area is 55.0 Å². The van der Waals surface area contributed by atoms with E-state index in [9.17, 15) is 0 Å². The molecular formula is C4H6Se2. The molecule has 0 aliphatic rings. The predicted octanol–water partition coefficient (Wildman–Crippen LogP) is 0.575. The van der Waals surface area contributed by atoms with Crippen LogP contribution in [-0.4, -0.2) is 32.0 Å². The molecule has 0 aliphatic heterocycles. The third-order valence-corrected chi connectivity index (χ3v) is 2.44. The Morgan fingerprint density at radius 1 is 1.00 bits per heavy atom. The molecule has 6 heavy (non-hydrogen) atoms. The van der Waals surface area contributed by atoms with Crippen molar-refractivity contribution in [2.75, 3.05) is 0 Å². The van der Waals surface area contributed by atoms with Gasteiger partial charge >= 0.3 is 54.8 Å². The van der Waals surface area contributed by atoms with Crippen LogP contribution in [0.25, 0.3) is 0 Å². The molecule has 0 aliphatic carbocycles. The van der Waals surface area contributed by atoms with E-state index in [1.54, 1.807) is 0 Å². The molecule has 0 saturated carbocycles. The molecule has 34 valence electrons. The standard InChI is InChI=1S/C4H6Se2/c1-3(5)4(2)6/h1-2H3/b4-3-. The summed E-state index contributed by atoms with van der Waals surface area (Å²) in [5.74, 6) is 0. The molecule has 2 heteroatoms. The second kappa shape index (κ2) is 2.87. The first-order valence-electron chi connectivity index (χ1n) is 1.66. The van der Waals surface area contributed by atoms with E-state index in [1.165, 1.54) is 8.94 Å². The van der Waals surface area contributed by atoms with E-state index in [0.29, 0.717) is 0 Å². The Kier molecular flexibility index (Phi) is 3.24. The predicted molar refractivity (Wildman–Crippen MR) is 29.9 cm³/mol. The zero-order chi connectivity index (χ0) is 5.15. The van der Waals surface area contributed by atoms with Crippen LogP contribution in [0.3, 0.4) is 0 Å². The number of rotatable bonds is 0. The van der Waals surface area contributed by atoms with Crippen molar-refractivity contribution in [3.05, 3.63) is 8.94 Å². The van der Waals surface area contributed by atoms with Crippen LogP contribution in [-0.2, 0) is 0 Å². The van der Waals surface area contributed by atoms with Crippen molar-refractivity contribution in [1.82, 2.24) is 0 Å². The van der Waals surface area contributed by atoms with Gasteiger partial charge in [-0.2, -0.15) is 0 Å². The van der Waals surface area contributed by atoms with E-state index in [-0.39, 0.29) is 0 Å². The molecule has 0 rings (SSSR count). The van der Waals surface area contributed by atoms with Crippen LogP contribution >= 0.6 is 0 Å². The molecule has 2 radical (unpaired) electrons. The summed E-state index contributed by atoms with van der Waals surface area (Å²) in [7, 11) is 0. The van der Waals surface area contributed by atoms with Crippen molar-refractivity contribution < 1.29 is 0 Å². The summed E-state index contributed by atoms with van der Waals surface area (Å²) >= 11 is 5.78. The molecule has 0 unspecified atom stereocenters. The topological polar surface area (TPSA) is 0 Å². The van der Waals surface area contributed by atoms with E-state index in [1.807, 2.05) is 13.8 Å². The molecule has 0 fully saturated rings. The second-order valence-electron chi connectivity index (χ2n) is 1.11. The van der Waals surface area contributed by atoms with Crippen LogP contribution in [0.1, 0.15) is 13.8 Å². The van der Waals surface area contributed by atoms with Crippen LogP contribution in [0.4, 0.5) is 0 Å². The summed E-state index contributed by atoms with van der Waals surface area (Å²) in [5.41, 5.74) is 0. The van der Waals surface area contributed by atoms with E-state index >= 15 is 0 Å². The summed E-state index contributed by atoms with van der Waals surface area (Å²) in [6.07, 6.45) is 0. The molecule has 0 aromatic rings. The van der Waals surface area contributed by atoms with E-state index < -0.39 is 0 Å². The van der Waals surface area contributed by atoms with E-state index in [4.69, 9.17) is 0 Å². The normalized spacial score (nSPS) is 13.7. The van der Waals surface area contributed by atoms with Gasteiger partial charge in [-0.25, -0.2) is 0 Å². The van der Waals surface area contributed by atoms with Crippen molar-refractivity contribution in [3.8, 4) is 0 Å². The molecular weight excluding hydrogens is 206 g/mol. The van der Waals surface area contributed by atoms with Gasteiger partial charge in [0.15, 0.2) is 0 Å². The average Bonchev–Trinajstić information content (AvgIpc) is 1.36. The Hall–Kier alpha value is 0.779. The molecule has 0 aromatic carbocycles. The van der Waals surface area contributed by atoms with Crippen molar-refractivity contribution in [2.45, 2.75) is 13.8 Å². The van der Waals surface area contributed by atoms with Crippen LogP contribution in [0.5, 0.6) is 0 Å². The first-order chi connectivity index (χ1) is 2.64. The Balaban J connectivity index is 3.68. The van der Waals surface area contributed by atoms with Crippen LogP contribution < -0.4 is 0 Å². The fraction of sp³-hybridized carbons (Fsp3) is 0.500. The second-order valence-corrected chi connectivity index (χ2v) is 3.68. The SMILES string of the molecule is C/C([Se])=C(\C)[Se]. The molecule has 0 atom stereocenters. The van der Waals surface area contributed by atoms with Crippen LogP contribution in [0, 0.1) is 0 Å². The van der Waals surface area contributed by atoms with Gasteiger partial charge in [-0.1, -0.05) is 0 Å². The van der Waals surface area contributed by atoms with Gasteiger partial charge in [0.1, 0.15) is 0 Å². The number of hydrogen-bond donors (Lipinski definition) is 0. The third kappa shape index (κ3) is 2.99. The zero-order valence-corrected chi connectivity index (χ0v) is 7.24. The van der Waals surface area contributed by atoms with E-state index in [2.05, 4.69) is 32.0 Å². The summed E-state index contributed by atoms with van der Waals surface area (Å²) in [4.78, 5) is 0. The summed E-state index contributed by atoms with van der Waals surface area (Å²) in [6.45, 7) is 4.07. The average molecular weight is 212 g/mol. The fourth-order valence-electron chi connectivity index (χ4n) is 0. The zero-order valence-electron chi connectivity index (χ0n) is 3.82. The van der Waals surface area contributed by atoms with Gasteiger partial charge in [0.25, 0.3) is 0 Å². The molecule has 0 amide bonds. The van der Waals surface area contributed by atoms with Gasteiger partial charge in [-0.3, -0.25) is 0 Å².